The first-order valence-corrected chi connectivity index (χ1v) is 12.2. The molecule has 0 saturated heterocycles. The molecule has 0 unspecified atom stereocenters. The lowest BCUT2D eigenvalue weighted by Gasteiger charge is -2.16. The minimum Gasteiger partial charge on any atom is -0.484 e. The smallest absolute Gasteiger partial charge is 0.341 e. The van der Waals surface area contributed by atoms with Crippen LogP contribution in [0.3, 0.4) is 0 Å². The van der Waals surface area contributed by atoms with Gasteiger partial charge in [0.1, 0.15) is 16.3 Å². The van der Waals surface area contributed by atoms with Gasteiger partial charge in [-0.3, -0.25) is 4.79 Å². The number of esters is 1. The summed E-state index contributed by atoms with van der Waals surface area (Å²) in [7, 11) is 1.35. The number of thiophene rings is 1. The zero-order chi connectivity index (χ0) is 23.4. The van der Waals surface area contributed by atoms with Crippen molar-refractivity contribution in [3.05, 3.63) is 70.1 Å². The average Bonchev–Trinajstić information content (AvgIpc) is 3.25. The topological polar surface area (TPSA) is 64.6 Å². The molecule has 0 saturated carbocycles. The number of carbonyl (C=O) groups is 2. The summed E-state index contributed by atoms with van der Waals surface area (Å²) in [6.45, 7) is 4.11. The normalized spacial score (nSPS) is 12.8. The third-order valence-corrected chi connectivity index (χ3v) is 6.91. The first kappa shape index (κ1) is 23.1. The van der Waals surface area contributed by atoms with E-state index < -0.39 is 5.97 Å². The summed E-state index contributed by atoms with van der Waals surface area (Å²) >= 11 is 1.32. The molecule has 1 N–H and O–H groups in total. The van der Waals surface area contributed by atoms with Crippen LogP contribution in [0.2, 0.25) is 0 Å². The van der Waals surface area contributed by atoms with Crippen molar-refractivity contribution in [1.29, 1.82) is 0 Å². The molecule has 6 heteroatoms. The van der Waals surface area contributed by atoms with E-state index in [1.165, 1.54) is 48.0 Å². The Morgan fingerprint density at radius 3 is 2.45 bits per heavy atom. The Hall–Kier alpha value is -3.12. The third-order valence-electron chi connectivity index (χ3n) is 6.01. The Kier molecular flexibility index (Phi) is 7.14. The molecule has 0 spiro atoms. The number of hydrogen-bond acceptors (Lipinski definition) is 5. The Labute approximate surface area is 198 Å². The molecule has 0 fully saturated rings. The highest BCUT2D eigenvalue weighted by molar-refractivity contribution is 7.15. The summed E-state index contributed by atoms with van der Waals surface area (Å²) in [4.78, 5) is 25.2. The molecule has 0 radical (unpaired) electrons. The largest absolute Gasteiger partial charge is 0.484 e. The monoisotopic (exact) mass is 463 g/mol. The Bertz CT molecular complexity index is 1150. The Balaban J connectivity index is 1.50. The van der Waals surface area contributed by atoms with Gasteiger partial charge >= 0.3 is 5.97 Å². The molecule has 4 rings (SSSR count). The number of benzene rings is 2. The Morgan fingerprint density at radius 1 is 1.03 bits per heavy atom. The molecule has 1 aliphatic carbocycles. The number of fused-ring (bicyclic) bond motifs is 1. The number of rotatable bonds is 7. The average molecular weight is 464 g/mol. The van der Waals surface area contributed by atoms with E-state index in [0.29, 0.717) is 22.2 Å². The summed E-state index contributed by atoms with van der Waals surface area (Å²) in [5.41, 5.74) is 6.06. The molecule has 0 atom stereocenters. The van der Waals surface area contributed by atoms with E-state index in [9.17, 15) is 9.59 Å². The van der Waals surface area contributed by atoms with Gasteiger partial charge in [0.15, 0.2) is 6.61 Å². The maximum atomic E-state index is 12.6. The molecule has 3 aromatic rings. The fourth-order valence-corrected chi connectivity index (χ4v) is 5.10. The van der Waals surface area contributed by atoms with E-state index in [1.807, 2.05) is 35.7 Å². The predicted molar refractivity (Wildman–Crippen MR) is 132 cm³/mol. The van der Waals surface area contributed by atoms with Crippen LogP contribution in [0, 0.1) is 0 Å². The van der Waals surface area contributed by atoms with Gasteiger partial charge in [0, 0.05) is 10.9 Å². The third kappa shape index (κ3) is 5.28. The maximum absolute atomic E-state index is 12.6. The highest BCUT2D eigenvalue weighted by Crippen LogP contribution is 2.37. The lowest BCUT2D eigenvalue weighted by molar-refractivity contribution is -0.118. The molecule has 172 valence electrons. The van der Waals surface area contributed by atoms with E-state index in [2.05, 4.69) is 31.3 Å². The summed E-state index contributed by atoms with van der Waals surface area (Å²) in [5, 5.41) is 5.20. The number of methoxy groups -OCH3 is 1. The maximum Gasteiger partial charge on any atom is 0.341 e. The lowest BCUT2D eigenvalue weighted by atomic mass is 9.89. The molecule has 0 aliphatic heterocycles. The molecule has 1 aromatic heterocycles. The van der Waals surface area contributed by atoms with Gasteiger partial charge in [-0.2, -0.15) is 0 Å². The molecule has 33 heavy (non-hydrogen) atoms. The second-order valence-corrected chi connectivity index (χ2v) is 9.48. The first-order valence-electron chi connectivity index (χ1n) is 11.3. The van der Waals surface area contributed by atoms with Crippen LogP contribution >= 0.6 is 11.3 Å². The van der Waals surface area contributed by atoms with Gasteiger partial charge in [0.2, 0.25) is 0 Å². The van der Waals surface area contributed by atoms with Crippen molar-refractivity contribution in [3.63, 3.8) is 0 Å². The van der Waals surface area contributed by atoms with Crippen LogP contribution in [-0.4, -0.2) is 25.6 Å². The summed E-state index contributed by atoms with van der Waals surface area (Å²) in [5.74, 6) is 0.266. The predicted octanol–water partition coefficient (Wildman–Crippen LogP) is 6.22. The van der Waals surface area contributed by atoms with Crippen molar-refractivity contribution in [2.45, 2.75) is 45.4 Å². The van der Waals surface area contributed by atoms with E-state index in [4.69, 9.17) is 9.47 Å². The zero-order valence-electron chi connectivity index (χ0n) is 19.3. The molecule has 1 amide bonds. The summed E-state index contributed by atoms with van der Waals surface area (Å²) < 4.78 is 10.7. The second-order valence-electron chi connectivity index (χ2n) is 8.60. The van der Waals surface area contributed by atoms with Crippen molar-refractivity contribution in [2.75, 3.05) is 19.0 Å². The number of carbonyl (C=O) groups excluding carboxylic acids is 2. The quantitative estimate of drug-likeness (QED) is 0.422. The number of ether oxygens (including phenoxy) is 2. The highest BCUT2D eigenvalue weighted by Gasteiger charge is 2.23. The minimum absolute atomic E-state index is 0.145. The van der Waals surface area contributed by atoms with E-state index in [-0.39, 0.29) is 12.5 Å². The molecule has 2 aromatic carbocycles. The number of hydrogen-bond donors (Lipinski definition) is 1. The van der Waals surface area contributed by atoms with Crippen molar-refractivity contribution in [2.24, 2.45) is 0 Å². The fraction of sp³-hybridized carbons (Fsp3) is 0.333. The van der Waals surface area contributed by atoms with Crippen LogP contribution in [0.25, 0.3) is 11.1 Å². The van der Waals surface area contributed by atoms with Crippen molar-refractivity contribution < 1.29 is 19.1 Å². The van der Waals surface area contributed by atoms with Crippen molar-refractivity contribution in [1.82, 2.24) is 0 Å². The van der Waals surface area contributed by atoms with E-state index >= 15 is 0 Å². The van der Waals surface area contributed by atoms with Crippen LogP contribution in [0.4, 0.5) is 5.00 Å². The summed E-state index contributed by atoms with van der Waals surface area (Å²) in [6, 6.07) is 14.1. The number of anilines is 1. The number of amides is 1. The first-order chi connectivity index (χ1) is 16.0. The molecule has 5 nitrogen and oxygen atoms in total. The standard InChI is InChI=1S/C27H29NO4S/c1-17(2)18-10-12-22(13-11-18)32-15-24(29)28-26-25(27(30)31-3)23(16-33-26)21-9-8-19-6-4-5-7-20(19)14-21/h8-14,16-17H,4-7,15H2,1-3H3,(H,28,29). The lowest BCUT2D eigenvalue weighted by Crippen LogP contribution is -2.21. The molecule has 0 bridgehead atoms. The van der Waals surface area contributed by atoms with E-state index in [0.717, 1.165) is 24.0 Å². The molecular formula is C27H29NO4S. The van der Waals surface area contributed by atoms with Gasteiger partial charge in [-0.15, -0.1) is 11.3 Å². The van der Waals surface area contributed by atoms with Crippen LogP contribution in [-0.2, 0) is 22.4 Å². The van der Waals surface area contributed by atoms with Gasteiger partial charge < -0.3 is 14.8 Å². The molecular weight excluding hydrogens is 434 g/mol. The van der Waals surface area contributed by atoms with Gasteiger partial charge in [-0.05, 0) is 66.0 Å². The highest BCUT2D eigenvalue weighted by atomic mass is 32.1. The van der Waals surface area contributed by atoms with Crippen LogP contribution in [0.15, 0.2) is 47.8 Å². The van der Waals surface area contributed by atoms with Gasteiger partial charge in [0.25, 0.3) is 5.91 Å². The fourth-order valence-electron chi connectivity index (χ4n) is 4.13. The van der Waals surface area contributed by atoms with E-state index in [1.54, 1.807) is 0 Å². The molecule has 1 heterocycles. The molecule has 1 aliphatic rings. The summed E-state index contributed by atoms with van der Waals surface area (Å²) in [6.07, 6.45) is 4.56. The van der Waals surface area contributed by atoms with Crippen LogP contribution < -0.4 is 10.1 Å². The number of nitrogens with one attached hydrogen (secondary N) is 1. The van der Waals surface area contributed by atoms with Crippen LogP contribution in [0.5, 0.6) is 5.75 Å². The van der Waals surface area contributed by atoms with Crippen LogP contribution in [0.1, 0.15) is 59.7 Å². The number of aryl methyl sites for hydroxylation is 2. The second kappa shape index (κ2) is 10.2. The SMILES string of the molecule is COC(=O)c1c(-c2ccc3c(c2)CCCC3)csc1NC(=O)COc1ccc(C(C)C)cc1. The zero-order valence-corrected chi connectivity index (χ0v) is 20.1. The Morgan fingerprint density at radius 2 is 1.76 bits per heavy atom. The van der Waals surface area contributed by atoms with Gasteiger partial charge in [0.05, 0.1) is 7.11 Å². The van der Waals surface area contributed by atoms with Gasteiger partial charge in [-0.1, -0.05) is 44.2 Å². The van der Waals surface area contributed by atoms with Crippen molar-refractivity contribution >= 4 is 28.2 Å². The minimum atomic E-state index is -0.468. The van der Waals surface area contributed by atoms with Crippen molar-refractivity contribution in [3.8, 4) is 16.9 Å². The van der Waals surface area contributed by atoms with Gasteiger partial charge in [-0.25, -0.2) is 4.79 Å².